The summed E-state index contributed by atoms with van der Waals surface area (Å²) >= 11 is 0. The number of likely N-dealkylation sites (tertiary alicyclic amines) is 1. The molecule has 0 aliphatic carbocycles. The van der Waals surface area contributed by atoms with E-state index in [2.05, 4.69) is 6.92 Å². The predicted molar refractivity (Wildman–Crippen MR) is 86.3 cm³/mol. The van der Waals surface area contributed by atoms with Crippen molar-refractivity contribution in [1.29, 1.82) is 0 Å². The normalized spacial score (nSPS) is 20.5. The van der Waals surface area contributed by atoms with Crippen LogP contribution in [0, 0.1) is 11.8 Å². The lowest BCUT2D eigenvalue weighted by Crippen LogP contribution is -2.30. The molecule has 1 fully saturated rings. The maximum absolute atomic E-state index is 12.2. The Hall–Kier alpha value is -2.17. The van der Waals surface area contributed by atoms with Gasteiger partial charge in [-0.25, -0.2) is 0 Å². The number of carboxylic acids is 1. The minimum absolute atomic E-state index is 0.0475. The molecule has 2 atom stereocenters. The van der Waals surface area contributed by atoms with Crippen LogP contribution in [0.15, 0.2) is 24.3 Å². The number of amides is 1. The van der Waals surface area contributed by atoms with E-state index in [0.717, 1.165) is 6.42 Å². The van der Waals surface area contributed by atoms with Crippen molar-refractivity contribution in [2.24, 2.45) is 11.8 Å². The summed E-state index contributed by atoms with van der Waals surface area (Å²) in [5.74, 6) is -1.60. The summed E-state index contributed by atoms with van der Waals surface area (Å²) in [6.07, 6.45) is 1.21. The number of carboxylic acid groups (broad SMARTS) is 1. The second-order valence-electron chi connectivity index (χ2n) is 6.19. The van der Waals surface area contributed by atoms with Crippen molar-refractivity contribution in [3.63, 3.8) is 0 Å². The van der Waals surface area contributed by atoms with E-state index in [1.54, 1.807) is 17.0 Å². The Morgan fingerprint density at radius 2 is 1.78 bits per heavy atom. The van der Waals surface area contributed by atoms with Gasteiger partial charge in [0.05, 0.1) is 5.92 Å². The van der Waals surface area contributed by atoms with Gasteiger partial charge >= 0.3 is 5.97 Å². The van der Waals surface area contributed by atoms with Crippen LogP contribution in [0.5, 0.6) is 0 Å². The molecule has 0 spiro atoms. The molecule has 1 heterocycles. The lowest BCUT2D eigenvalue weighted by atomic mass is 9.99. The van der Waals surface area contributed by atoms with Crippen LogP contribution in [0.2, 0.25) is 0 Å². The molecule has 1 aliphatic rings. The first kappa shape index (κ1) is 17.2. The molecule has 1 amide bonds. The van der Waals surface area contributed by atoms with Crippen molar-refractivity contribution in [1.82, 2.24) is 4.90 Å². The lowest BCUT2D eigenvalue weighted by molar-refractivity contribution is -0.142. The summed E-state index contributed by atoms with van der Waals surface area (Å²) in [5, 5.41) is 9.10. The third-order valence-electron chi connectivity index (χ3n) is 4.53. The molecule has 5 nitrogen and oxygen atoms in total. The van der Waals surface area contributed by atoms with Crippen molar-refractivity contribution in [3.05, 3.63) is 35.4 Å². The molecule has 0 unspecified atom stereocenters. The number of hydrogen-bond acceptors (Lipinski definition) is 3. The van der Waals surface area contributed by atoms with Gasteiger partial charge in [0, 0.05) is 31.5 Å². The highest BCUT2D eigenvalue weighted by atomic mass is 16.4. The zero-order valence-corrected chi connectivity index (χ0v) is 13.6. The van der Waals surface area contributed by atoms with E-state index >= 15 is 0 Å². The van der Waals surface area contributed by atoms with Gasteiger partial charge in [-0.05, 0) is 17.9 Å². The van der Waals surface area contributed by atoms with E-state index in [9.17, 15) is 14.4 Å². The second kappa shape index (κ2) is 7.40. The number of hydrogen-bond donors (Lipinski definition) is 1. The number of aryl methyl sites for hydroxylation is 1. The monoisotopic (exact) mass is 317 g/mol. The van der Waals surface area contributed by atoms with Gasteiger partial charge in [-0.2, -0.15) is 0 Å². The number of aliphatic carboxylic acids is 1. The van der Waals surface area contributed by atoms with Gasteiger partial charge in [-0.15, -0.1) is 0 Å². The summed E-state index contributed by atoms with van der Waals surface area (Å²) in [5.41, 5.74) is 1.79. The van der Waals surface area contributed by atoms with Crippen LogP contribution in [0.1, 0.15) is 42.6 Å². The number of benzene rings is 1. The summed E-state index contributed by atoms with van der Waals surface area (Å²) in [4.78, 5) is 37.0. The molecule has 0 bridgehead atoms. The van der Waals surface area contributed by atoms with Crippen LogP contribution >= 0.6 is 0 Å². The maximum Gasteiger partial charge on any atom is 0.308 e. The van der Waals surface area contributed by atoms with Crippen LogP contribution in [0.4, 0.5) is 0 Å². The first-order valence-electron chi connectivity index (χ1n) is 8.05. The Balaban J connectivity index is 1.86. The van der Waals surface area contributed by atoms with Crippen LogP contribution in [-0.2, 0) is 16.0 Å². The molecule has 124 valence electrons. The average molecular weight is 317 g/mol. The third-order valence-corrected chi connectivity index (χ3v) is 4.53. The Morgan fingerprint density at radius 3 is 2.30 bits per heavy atom. The molecule has 1 aromatic rings. The summed E-state index contributed by atoms with van der Waals surface area (Å²) in [7, 11) is 0. The molecular formula is C18H23NO4. The van der Waals surface area contributed by atoms with Gasteiger partial charge in [0.25, 0.3) is 0 Å². The Labute approximate surface area is 136 Å². The van der Waals surface area contributed by atoms with Gasteiger partial charge in [0.15, 0.2) is 5.78 Å². The largest absolute Gasteiger partial charge is 0.481 e. The van der Waals surface area contributed by atoms with E-state index in [0.29, 0.717) is 12.1 Å². The molecule has 5 heteroatoms. The smallest absolute Gasteiger partial charge is 0.308 e. The number of Topliss-reactive ketones (excluding diaryl/α,β-unsaturated/α-hetero) is 1. The Bertz CT molecular complexity index is 594. The SMILES string of the molecule is CCc1ccc(C(=O)CCC(=O)N2C[C@@H](C)[C@H](C(=O)O)C2)cc1. The van der Waals surface area contributed by atoms with Crippen LogP contribution in [0.3, 0.4) is 0 Å². The number of nitrogens with zero attached hydrogens (tertiary/aromatic N) is 1. The third kappa shape index (κ3) is 4.18. The Morgan fingerprint density at radius 1 is 1.13 bits per heavy atom. The Kier molecular flexibility index (Phi) is 5.53. The summed E-state index contributed by atoms with van der Waals surface area (Å²) in [6.45, 7) is 4.59. The summed E-state index contributed by atoms with van der Waals surface area (Å²) < 4.78 is 0. The van der Waals surface area contributed by atoms with E-state index in [4.69, 9.17) is 5.11 Å². The number of ketones is 1. The van der Waals surface area contributed by atoms with E-state index in [1.165, 1.54) is 5.56 Å². The number of carbonyl (C=O) groups is 3. The van der Waals surface area contributed by atoms with E-state index in [-0.39, 0.29) is 37.0 Å². The molecule has 0 aromatic heterocycles. The minimum Gasteiger partial charge on any atom is -0.481 e. The first-order chi connectivity index (χ1) is 10.9. The molecule has 0 radical (unpaired) electrons. The molecule has 0 saturated carbocycles. The zero-order valence-electron chi connectivity index (χ0n) is 13.6. The van der Waals surface area contributed by atoms with Crippen LogP contribution in [0.25, 0.3) is 0 Å². The van der Waals surface area contributed by atoms with Gasteiger partial charge < -0.3 is 10.0 Å². The fourth-order valence-corrected chi connectivity index (χ4v) is 2.94. The van der Waals surface area contributed by atoms with Crippen molar-refractivity contribution < 1.29 is 19.5 Å². The summed E-state index contributed by atoms with van der Waals surface area (Å²) in [6, 6.07) is 7.44. The number of carbonyl (C=O) groups excluding carboxylic acids is 2. The van der Waals surface area contributed by atoms with Gasteiger partial charge in [0.1, 0.15) is 0 Å². The number of rotatable bonds is 6. The maximum atomic E-state index is 12.2. The average Bonchev–Trinajstić information content (AvgIpc) is 2.94. The highest BCUT2D eigenvalue weighted by Crippen LogP contribution is 2.24. The highest BCUT2D eigenvalue weighted by Gasteiger charge is 2.36. The van der Waals surface area contributed by atoms with Crippen molar-refractivity contribution >= 4 is 17.7 Å². The minimum atomic E-state index is -0.861. The van der Waals surface area contributed by atoms with Crippen molar-refractivity contribution in [3.8, 4) is 0 Å². The van der Waals surface area contributed by atoms with Gasteiger partial charge in [-0.1, -0.05) is 38.1 Å². The van der Waals surface area contributed by atoms with E-state index in [1.807, 2.05) is 19.1 Å². The molecule has 1 N–H and O–H groups in total. The quantitative estimate of drug-likeness (QED) is 0.818. The fraction of sp³-hybridized carbons (Fsp3) is 0.500. The van der Waals surface area contributed by atoms with Crippen molar-refractivity contribution in [2.75, 3.05) is 13.1 Å². The van der Waals surface area contributed by atoms with Gasteiger partial charge in [-0.3, -0.25) is 14.4 Å². The van der Waals surface area contributed by atoms with Crippen LogP contribution < -0.4 is 0 Å². The highest BCUT2D eigenvalue weighted by molar-refractivity contribution is 5.98. The van der Waals surface area contributed by atoms with E-state index < -0.39 is 11.9 Å². The fourth-order valence-electron chi connectivity index (χ4n) is 2.94. The molecule has 2 rings (SSSR count). The zero-order chi connectivity index (χ0) is 17.0. The molecule has 23 heavy (non-hydrogen) atoms. The lowest BCUT2D eigenvalue weighted by Gasteiger charge is -2.15. The molecule has 1 saturated heterocycles. The van der Waals surface area contributed by atoms with Gasteiger partial charge in [0.2, 0.25) is 5.91 Å². The molecule has 1 aromatic carbocycles. The van der Waals surface area contributed by atoms with Crippen molar-refractivity contribution in [2.45, 2.75) is 33.1 Å². The first-order valence-corrected chi connectivity index (χ1v) is 8.05. The molecular weight excluding hydrogens is 294 g/mol. The second-order valence-corrected chi connectivity index (χ2v) is 6.19. The predicted octanol–water partition coefficient (Wildman–Crippen LogP) is 2.39. The standard InChI is InChI=1S/C18H23NO4/c1-3-13-4-6-14(7-5-13)16(20)8-9-17(21)19-10-12(2)15(11-19)18(22)23/h4-7,12,15H,3,8-11H2,1-2H3,(H,22,23)/t12-,15-/m1/s1. The van der Waals surface area contributed by atoms with Crippen LogP contribution in [-0.4, -0.2) is 40.8 Å². The molecule has 1 aliphatic heterocycles. The topological polar surface area (TPSA) is 74.7 Å².